The molecule has 3 saturated heterocycles. The zero-order valence-electron chi connectivity index (χ0n) is 64.5. The van der Waals surface area contributed by atoms with Gasteiger partial charge in [0.25, 0.3) is 0 Å². The average molecular weight is 1560 g/mol. The van der Waals surface area contributed by atoms with Crippen LogP contribution in [0, 0.1) is 46.3 Å². The first kappa shape index (κ1) is 79.5. The second kappa shape index (κ2) is 36.0. The van der Waals surface area contributed by atoms with E-state index in [-0.39, 0.29) is 86.0 Å². The van der Waals surface area contributed by atoms with Gasteiger partial charge >= 0.3 is 47.8 Å². The van der Waals surface area contributed by atoms with Gasteiger partial charge < -0.3 is 61.6 Å². The predicted octanol–water partition coefficient (Wildman–Crippen LogP) is 15.7. The Morgan fingerprint density at radius 2 is 0.722 bits per heavy atom. The summed E-state index contributed by atoms with van der Waals surface area (Å²) in [5.74, 6) is -4.14. The van der Waals surface area contributed by atoms with Crippen molar-refractivity contribution in [2.45, 2.75) is 171 Å². The van der Waals surface area contributed by atoms with Crippen molar-refractivity contribution in [3.05, 3.63) is 287 Å². The summed E-state index contributed by atoms with van der Waals surface area (Å²) in [7, 11) is 0. The topological polar surface area (TPSA) is 257 Å². The highest BCUT2D eigenvalue weighted by molar-refractivity contribution is 5.94. The van der Waals surface area contributed by atoms with Crippen LogP contribution in [0.15, 0.2) is 243 Å². The number of hydrogen-bond acceptors (Lipinski definition) is 21. The van der Waals surface area contributed by atoms with Gasteiger partial charge in [-0.2, -0.15) is 0 Å². The lowest BCUT2D eigenvalue weighted by Crippen LogP contribution is -2.63. The van der Waals surface area contributed by atoms with E-state index in [1.54, 1.807) is 243 Å². The van der Waals surface area contributed by atoms with E-state index in [2.05, 4.69) is 20.8 Å². The van der Waals surface area contributed by atoms with Crippen LogP contribution in [0.4, 0.5) is 0 Å². The summed E-state index contributed by atoms with van der Waals surface area (Å²) in [6.45, 7) is 6.20. The number of rotatable bonds is 26. The molecule has 0 spiro atoms. The molecule has 8 aromatic rings. The Labute approximate surface area is 668 Å². The smallest absolute Gasteiger partial charge is 0.338 e. The van der Waals surface area contributed by atoms with Gasteiger partial charge in [0.15, 0.2) is 49.2 Å². The molecule has 0 bridgehead atoms. The molecule has 3 heterocycles. The zero-order valence-corrected chi connectivity index (χ0v) is 64.5. The molecular weight excluding hydrogens is 1470 g/mol. The first-order chi connectivity index (χ1) is 55.9. The van der Waals surface area contributed by atoms with Gasteiger partial charge in [-0.05, 0) is 214 Å². The molecule has 0 amide bonds. The maximum absolute atomic E-state index is 14.5. The highest BCUT2D eigenvalue weighted by Crippen LogP contribution is 2.69. The van der Waals surface area contributed by atoms with Crippen LogP contribution in [0.3, 0.4) is 0 Å². The summed E-state index contributed by atoms with van der Waals surface area (Å²) < 4.78 is 84.6. The van der Waals surface area contributed by atoms with Crippen molar-refractivity contribution in [2.75, 3.05) is 19.8 Å². The van der Waals surface area contributed by atoms with Gasteiger partial charge in [-0.15, -0.1) is 0 Å². The van der Waals surface area contributed by atoms with Crippen molar-refractivity contribution >= 4 is 47.8 Å². The van der Waals surface area contributed by atoms with Crippen molar-refractivity contribution in [1.82, 2.24) is 0 Å². The summed E-state index contributed by atoms with van der Waals surface area (Å²) in [6.07, 6.45) is -5.20. The van der Waals surface area contributed by atoms with Crippen LogP contribution in [0.25, 0.3) is 0 Å². The van der Waals surface area contributed by atoms with Gasteiger partial charge in [-0.1, -0.05) is 166 Å². The molecule has 598 valence electrons. The third-order valence-electron chi connectivity index (χ3n) is 25.0. The standard InChI is InChI=1S/C94H96O21/c1-58(55-105-91-81(114-89(101)65-40-24-10-25-41-65)79(112-87(99)63-36-20-8-21-37-63)77(110-85(97)61-32-16-6-17-33-61)75(108-91)56-103-83(95)59-28-12-4-13-29-59)44-46-68-53-73-74(106-68)54-72-70-47-45-67-52-69(48-50-93(67,2)71(70)49-51-94(72,73)3)107-92-82(115-90(102)66-42-26-11-27-43-66)80(113-88(100)64-38-22-9-23-39-64)78(111-86(98)62-34-18-7-19-35-62)76(109-92)57-104-84(96)60-30-14-5-15-31-60/h4-43,58,67-82,91-92H,44-57H2,1-3H3/t58-,67?,68?,69?,70?,71?,72?,73?,74?,75?,76?,77-,78-,79?,80?,81?,82?,91+,92+,93?,94?/m0/s1. The quantitative estimate of drug-likeness (QED) is 0.0277. The van der Waals surface area contributed by atoms with Crippen LogP contribution in [0.2, 0.25) is 0 Å². The summed E-state index contributed by atoms with van der Waals surface area (Å²) >= 11 is 0. The number of esters is 8. The van der Waals surface area contributed by atoms with Crippen molar-refractivity contribution in [1.29, 1.82) is 0 Å². The van der Waals surface area contributed by atoms with Gasteiger partial charge in [-0.3, -0.25) is 0 Å². The van der Waals surface area contributed by atoms with Gasteiger partial charge in [-0.25, -0.2) is 38.4 Å². The van der Waals surface area contributed by atoms with E-state index in [9.17, 15) is 38.4 Å². The minimum Gasteiger partial charge on any atom is -0.459 e. The van der Waals surface area contributed by atoms with E-state index >= 15 is 0 Å². The van der Waals surface area contributed by atoms with Crippen molar-refractivity contribution in [2.24, 2.45) is 46.3 Å². The molecule has 3 aliphatic heterocycles. The Kier molecular flexibility index (Phi) is 24.9. The molecule has 16 unspecified atom stereocenters. The SMILES string of the molecule is C[C@@H](CCC1CC2C(CC3C4CCC5CC(O[C@@H]6OC(COC(=O)c7ccccc7)[C@H](OC(=O)c7ccccc7)C(OC(=O)c7ccccc7)C6OC(=O)c6ccccc6)CCC5(C)C4CCC23C)O1)CO[C@@H]1OC(COC(=O)c2ccccc2)[C@H](OC(=O)c2ccccc2)C(OC(=O)c2ccccc2)C1OC(=O)c1ccccc1. The fourth-order valence-corrected chi connectivity index (χ4v) is 19.1. The molecule has 21 heteroatoms. The van der Waals surface area contributed by atoms with E-state index in [1.165, 1.54) is 0 Å². The Bertz CT molecular complexity index is 4640. The van der Waals surface area contributed by atoms with Gasteiger partial charge in [0.2, 0.25) is 0 Å². The highest BCUT2D eigenvalue weighted by Gasteiger charge is 2.65. The number of ether oxygens (including phenoxy) is 13. The number of carbonyl (C=O) groups is 8. The average Bonchev–Trinajstić information content (AvgIpc) is 1.62. The molecule has 4 aliphatic carbocycles. The molecule has 7 fully saturated rings. The predicted molar refractivity (Wildman–Crippen MR) is 418 cm³/mol. The molecule has 4 saturated carbocycles. The summed E-state index contributed by atoms with van der Waals surface area (Å²) in [4.78, 5) is 113. The second-order valence-corrected chi connectivity index (χ2v) is 32.1. The Balaban J connectivity index is 0.621. The molecule has 0 radical (unpaired) electrons. The Morgan fingerprint density at radius 1 is 0.365 bits per heavy atom. The van der Waals surface area contributed by atoms with E-state index in [0.717, 1.165) is 51.4 Å². The third-order valence-corrected chi connectivity index (χ3v) is 25.0. The van der Waals surface area contributed by atoms with E-state index in [0.29, 0.717) is 42.9 Å². The molecule has 0 N–H and O–H groups in total. The zero-order chi connectivity index (χ0) is 79.6. The normalized spacial score (nSPS) is 30.0. The third kappa shape index (κ3) is 18.1. The lowest BCUT2D eigenvalue weighted by atomic mass is 9.44. The fourth-order valence-electron chi connectivity index (χ4n) is 19.1. The maximum Gasteiger partial charge on any atom is 0.338 e. The number of carbonyl (C=O) groups excluding carboxylic acids is 8. The maximum atomic E-state index is 14.5. The first-order valence-corrected chi connectivity index (χ1v) is 40.2. The molecule has 7 aliphatic rings. The molecular formula is C94H96O21. The van der Waals surface area contributed by atoms with Gasteiger partial charge in [0, 0.05) is 0 Å². The van der Waals surface area contributed by atoms with Crippen molar-refractivity contribution in [3.63, 3.8) is 0 Å². The van der Waals surface area contributed by atoms with Crippen LogP contribution in [-0.4, -0.2) is 147 Å². The lowest BCUT2D eigenvalue weighted by Gasteiger charge is -2.61. The summed E-state index contributed by atoms with van der Waals surface area (Å²) in [5.41, 5.74) is 1.70. The summed E-state index contributed by atoms with van der Waals surface area (Å²) in [5, 5.41) is 0. The van der Waals surface area contributed by atoms with Crippen LogP contribution in [0.1, 0.15) is 174 Å². The van der Waals surface area contributed by atoms with E-state index in [1.807, 2.05) is 0 Å². The van der Waals surface area contributed by atoms with Crippen LogP contribution in [0.5, 0.6) is 0 Å². The first-order valence-electron chi connectivity index (χ1n) is 40.2. The van der Waals surface area contributed by atoms with Gasteiger partial charge in [0.1, 0.15) is 25.4 Å². The van der Waals surface area contributed by atoms with Crippen LogP contribution < -0.4 is 0 Å². The Morgan fingerprint density at radius 3 is 1.13 bits per heavy atom. The molecule has 21 atom stereocenters. The molecule has 0 aromatic heterocycles. The van der Waals surface area contributed by atoms with Crippen LogP contribution >= 0.6 is 0 Å². The van der Waals surface area contributed by atoms with Crippen molar-refractivity contribution < 1.29 is 99.9 Å². The minimum absolute atomic E-state index is 0.00285. The second-order valence-electron chi connectivity index (χ2n) is 32.1. The Hall–Kier alpha value is -10.7. The molecule has 15 rings (SSSR count). The highest BCUT2D eigenvalue weighted by atomic mass is 16.8. The number of benzene rings is 8. The number of hydrogen-bond donors (Lipinski definition) is 0. The minimum atomic E-state index is -1.56. The molecule has 8 aromatic carbocycles. The van der Waals surface area contributed by atoms with E-state index < -0.39 is 128 Å². The molecule has 115 heavy (non-hydrogen) atoms. The molecule has 21 nitrogen and oxygen atoms in total. The van der Waals surface area contributed by atoms with E-state index in [4.69, 9.17) is 61.6 Å². The number of fused-ring (bicyclic) bond motifs is 7. The van der Waals surface area contributed by atoms with Gasteiger partial charge in [0.05, 0.1) is 69.4 Å². The lowest BCUT2D eigenvalue weighted by molar-refractivity contribution is -0.313. The largest absolute Gasteiger partial charge is 0.459 e. The monoisotopic (exact) mass is 1560 g/mol. The van der Waals surface area contributed by atoms with Crippen molar-refractivity contribution in [3.8, 4) is 0 Å². The van der Waals surface area contributed by atoms with Crippen LogP contribution in [-0.2, 0) is 61.6 Å². The fraction of sp³-hybridized carbons (Fsp3) is 0.404. The summed E-state index contributed by atoms with van der Waals surface area (Å²) in [6, 6.07) is 66.6.